The van der Waals surface area contributed by atoms with Gasteiger partial charge in [-0.25, -0.2) is 0 Å². The number of hydrogen-bond acceptors (Lipinski definition) is 5. The lowest BCUT2D eigenvalue weighted by Crippen LogP contribution is -2.09. The summed E-state index contributed by atoms with van der Waals surface area (Å²) in [7, 11) is 0. The summed E-state index contributed by atoms with van der Waals surface area (Å²) in [6.07, 6.45) is 5.14. The normalized spacial score (nSPS) is 10.9. The maximum absolute atomic E-state index is 5.30. The summed E-state index contributed by atoms with van der Waals surface area (Å²) in [4.78, 5) is 3.94. The Morgan fingerprint density at radius 1 is 1.43 bits per heavy atom. The number of ether oxygens (including phenoxy) is 1. The predicted molar refractivity (Wildman–Crippen MR) is 49.5 cm³/mol. The average Bonchev–Trinajstić information content (AvgIpc) is 2.63. The molecule has 0 fully saturated rings. The number of nitrogens with two attached hydrogens (primary N) is 1. The third kappa shape index (κ3) is 1.70. The van der Waals surface area contributed by atoms with Crippen molar-refractivity contribution in [2.75, 3.05) is 13.2 Å². The molecule has 0 aliphatic heterocycles. The minimum absolute atomic E-state index is 0.419. The zero-order chi connectivity index (χ0) is 9.80. The smallest absolute Gasteiger partial charge is 0.179 e. The van der Waals surface area contributed by atoms with Gasteiger partial charge in [-0.1, -0.05) is 0 Å². The first-order valence-corrected chi connectivity index (χ1v) is 4.33. The molecule has 2 N–H and O–H groups in total. The van der Waals surface area contributed by atoms with Gasteiger partial charge in [0, 0.05) is 18.9 Å². The quantitative estimate of drug-likeness (QED) is 0.668. The van der Waals surface area contributed by atoms with Crippen LogP contribution >= 0.6 is 0 Å². The lowest BCUT2D eigenvalue weighted by Gasteiger charge is -1.99. The summed E-state index contributed by atoms with van der Waals surface area (Å²) in [5, 5.41) is 7.91. The monoisotopic (exact) mass is 193 g/mol. The molecule has 0 saturated heterocycles. The van der Waals surface area contributed by atoms with Crippen LogP contribution in [0.1, 0.15) is 5.82 Å². The molecule has 6 nitrogen and oxygen atoms in total. The molecule has 2 aromatic heterocycles. The second-order valence-corrected chi connectivity index (χ2v) is 2.76. The van der Waals surface area contributed by atoms with Gasteiger partial charge in [0.1, 0.15) is 6.61 Å². The van der Waals surface area contributed by atoms with Crippen LogP contribution in [0.15, 0.2) is 18.6 Å². The van der Waals surface area contributed by atoms with Gasteiger partial charge in [0.2, 0.25) is 0 Å². The Morgan fingerprint density at radius 2 is 2.36 bits per heavy atom. The molecule has 0 unspecified atom stereocenters. The van der Waals surface area contributed by atoms with E-state index in [1.165, 1.54) is 0 Å². The fourth-order valence-electron chi connectivity index (χ4n) is 1.15. The molecule has 0 radical (unpaired) electrons. The van der Waals surface area contributed by atoms with Crippen LogP contribution < -0.4 is 5.73 Å². The van der Waals surface area contributed by atoms with E-state index in [0.29, 0.717) is 19.8 Å². The Balaban J connectivity index is 2.17. The summed E-state index contributed by atoms with van der Waals surface area (Å²) in [5.41, 5.74) is 6.02. The minimum atomic E-state index is 0.419. The number of hydrogen-bond donors (Lipinski definition) is 1. The second-order valence-electron chi connectivity index (χ2n) is 2.76. The highest BCUT2D eigenvalue weighted by atomic mass is 16.5. The summed E-state index contributed by atoms with van der Waals surface area (Å²) in [6.45, 7) is 1.46. The topological polar surface area (TPSA) is 78.3 Å². The third-order valence-corrected chi connectivity index (χ3v) is 1.78. The average molecular weight is 193 g/mol. The highest BCUT2D eigenvalue weighted by Crippen LogP contribution is 2.01. The largest absolute Gasteiger partial charge is 0.372 e. The highest BCUT2D eigenvalue weighted by molar-refractivity contribution is 5.33. The van der Waals surface area contributed by atoms with Gasteiger partial charge in [-0.15, -0.1) is 10.2 Å². The molecule has 0 atom stereocenters. The molecule has 0 aromatic carbocycles. The molecule has 0 spiro atoms. The van der Waals surface area contributed by atoms with E-state index < -0.39 is 0 Å². The maximum Gasteiger partial charge on any atom is 0.179 e. The van der Waals surface area contributed by atoms with Crippen LogP contribution in [0.3, 0.4) is 0 Å². The Labute approximate surface area is 80.7 Å². The number of fused-ring (bicyclic) bond motifs is 1. The van der Waals surface area contributed by atoms with E-state index in [9.17, 15) is 0 Å². The van der Waals surface area contributed by atoms with E-state index in [1.54, 1.807) is 18.6 Å². The van der Waals surface area contributed by atoms with Crippen molar-refractivity contribution in [3.8, 4) is 0 Å². The molecular formula is C8H11N5O. The van der Waals surface area contributed by atoms with Crippen molar-refractivity contribution in [3.05, 3.63) is 24.4 Å². The first kappa shape index (κ1) is 9.04. The Kier molecular flexibility index (Phi) is 2.66. The summed E-state index contributed by atoms with van der Waals surface area (Å²) < 4.78 is 7.10. The van der Waals surface area contributed by atoms with Crippen molar-refractivity contribution < 1.29 is 4.74 Å². The van der Waals surface area contributed by atoms with Gasteiger partial charge >= 0.3 is 0 Å². The zero-order valence-electron chi connectivity index (χ0n) is 7.63. The van der Waals surface area contributed by atoms with Crippen LogP contribution in [0.5, 0.6) is 0 Å². The molecule has 2 rings (SSSR count). The Hall–Kier alpha value is -1.53. The third-order valence-electron chi connectivity index (χ3n) is 1.78. The van der Waals surface area contributed by atoms with Crippen molar-refractivity contribution in [2.45, 2.75) is 6.61 Å². The zero-order valence-corrected chi connectivity index (χ0v) is 7.63. The Morgan fingerprint density at radius 3 is 3.21 bits per heavy atom. The van der Waals surface area contributed by atoms with E-state index in [4.69, 9.17) is 10.5 Å². The standard InChI is InChI=1S/C8H11N5O/c9-1-4-14-6-8-12-11-7-5-10-2-3-13(7)8/h2-3,5H,1,4,6,9H2. The van der Waals surface area contributed by atoms with Crippen LogP contribution in [0.4, 0.5) is 0 Å². The van der Waals surface area contributed by atoms with Crippen LogP contribution in [0.2, 0.25) is 0 Å². The molecule has 2 heterocycles. The number of rotatable bonds is 4. The van der Waals surface area contributed by atoms with E-state index in [-0.39, 0.29) is 0 Å². The van der Waals surface area contributed by atoms with Crippen molar-refractivity contribution in [1.29, 1.82) is 0 Å². The van der Waals surface area contributed by atoms with E-state index in [1.807, 2.05) is 4.40 Å². The number of aromatic nitrogens is 4. The van der Waals surface area contributed by atoms with Gasteiger partial charge in [-0.2, -0.15) is 0 Å². The first-order chi connectivity index (χ1) is 6.92. The maximum atomic E-state index is 5.30. The molecule has 0 bridgehead atoms. The SMILES string of the molecule is NCCOCc1nnc2cnccn12. The van der Waals surface area contributed by atoms with Crippen LogP contribution in [0, 0.1) is 0 Å². The van der Waals surface area contributed by atoms with Gasteiger partial charge in [-0.05, 0) is 0 Å². The number of nitrogens with zero attached hydrogens (tertiary/aromatic N) is 4. The molecule has 0 aliphatic carbocycles. The van der Waals surface area contributed by atoms with E-state index in [2.05, 4.69) is 15.2 Å². The summed E-state index contributed by atoms with van der Waals surface area (Å²) in [5.74, 6) is 0.760. The van der Waals surface area contributed by atoms with Gasteiger partial charge in [0.05, 0.1) is 12.8 Å². The summed E-state index contributed by atoms with van der Waals surface area (Å²) >= 11 is 0. The molecule has 74 valence electrons. The predicted octanol–water partition coefficient (Wildman–Crippen LogP) is -0.400. The molecule has 14 heavy (non-hydrogen) atoms. The van der Waals surface area contributed by atoms with Crippen molar-refractivity contribution in [2.24, 2.45) is 5.73 Å². The fraction of sp³-hybridized carbons (Fsp3) is 0.375. The van der Waals surface area contributed by atoms with Crippen LogP contribution in [-0.4, -0.2) is 32.7 Å². The molecule has 6 heteroatoms. The van der Waals surface area contributed by atoms with Gasteiger partial charge in [0.25, 0.3) is 0 Å². The Bertz CT molecular complexity index is 413. The highest BCUT2D eigenvalue weighted by Gasteiger charge is 2.03. The first-order valence-electron chi connectivity index (χ1n) is 4.33. The summed E-state index contributed by atoms with van der Waals surface area (Å²) in [6, 6.07) is 0. The van der Waals surface area contributed by atoms with Gasteiger partial charge < -0.3 is 10.5 Å². The molecule has 0 aliphatic rings. The lowest BCUT2D eigenvalue weighted by atomic mass is 10.6. The van der Waals surface area contributed by atoms with Crippen LogP contribution in [-0.2, 0) is 11.3 Å². The van der Waals surface area contributed by atoms with Gasteiger partial charge in [0.15, 0.2) is 11.5 Å². The molecule has 2 aromatic rings. The molecule has 0 amide bonds. The lowest BCUT2D eigenvalue weighted by molar-refractivity contribution is 0.122. The van der Waals surface area contributed by atoms with E-state index >= 15 is 0 Å². The second kappa shape index (κ2) is 4.12. The van der Waals surface area contributed by atoms with Crippen molar-refractivity contribution in [3.63, 3.8) is 0 Å². The van der Waals surface area contributed by atoms with E-state index in [0.717, 1.165) is 11.5 Å². The fourth-order valence-corrected chi connectivity index (χ4v) is 1.15. The minimum Gasteiger partial charge on any atom is -0.372 e. The molecule has 0 saturated carbocycles. The van der Waals surface area contributed by atoms with Gasteiger partial charge in [-0.3, -0.25) is 9.38 Å². The van der Waals surface area contributed by atoms with Crippen LogP contribution in [0.25, 0.3) is 5.65 Å². The van der Waals surface area contributed by atoms with Crippen molar-refractivity contribution in [1.82, 2.24) is 19.6 Å². The molecular weight excluding hydrogens is 182 g/mol. The van der Waals surface area contributed by atoms with Crippen molar-refractivity contribution >= 4 is 5.65 Å².